The van der Waals surface area contributed by atoms with Gasteiger partial charge in [-0.3, -0.25) is 24.4 Å². The van der Waals surface area contributed by atoms with Crippen molar-refractivity contribution in [1.29, 1.82) is 0 Å². The number of halogens is 2. The topological polar surface area (TPSA) is 108 Å². The molecule has 0 aliphatic heterocycles. The zero-order valence-electron chi connectivity index (χ0n) is 48.4. The quantitative estimate of drug-likeness (QED) is 0.109. The van der Waals surface area contributed by atoms with Gasteiger partial charge in [-0.05, 0) is 75.3 Å². The van der Waals surface area contributed by atoms with Crippen LogP contribution in [0.3, 0.4) is 0 Å². The van der Waals surface area contributed by atoms with Crippen molar-refractivity contribution in [3.8, 4) is 50.8 Å². The number of fused-ring (bicyclic) bond motifs is 2. The van der Waals surface area contributed by atoms with Gasteiger partial charge in [0, 0.05) is 113 Å². The van der Waals surface area contributed by atoms with Crippen LogP contribution >= 0.6 is 0 Å². The Morgan fingerprint density at radius 2 is 1.04 bits per heavy atom. The first kappa shape index (κ1) is 71.5. The second kappa shape index (κ2) is 36.9. The average Bonchev–Trinajstić information content (AvgIpc) is 3.44. The molecular formula is C72H64F2Ir3N5O3-5. The Kier molecular flexibility index (Phi) is 31.0. The first-order valence-electron chi connectivity index (χ1n) is 26.4. The number of benzene rings is 6. The van der Waals surface area contributed by atoms with E-state index in [1.54, 1.807) is 24.5 Å². The van der Waals surface area contributed by atoms with Crippen LogP contribution in [0.15, 0.2) is 225 Å². The summed E-state index contributed by atoms with van der Waals surface area (Å²) in [6.07, 6.45) is 11.8. The molecule has 11 aromatic rings. The van der Waals surface area contributed by atoms with Gasteiger partial charge < -0.3 is 29.7 Å². The molecule has 8 nitrogen and oxygen atoms in total. The third-order valence-electron chi connectivity index (χ3n) is 11.9. The molecule has 0 unspecified atom stereocenters. The van der Waals surface area contributed by atoms with Crippen LogP contribution in [0, 0.1) is 52.8 Å². The van der Waals surface area contributed by atoms with Gasteiger partial charge in [-0.25, -0.2) is 6.08 Å². The zero-order chi connectivity index (χ0) is 58.7. The van der Waals surface area contributed by atoms with E-state index in [0.29, 0.717) is 11.4 Å². The van der Waals surface area contributed by atoms with E-state index >= 15 is 0 Å². The summed E-state index contributed by atoms with van der Waals surface area (Å²) in [4.78, 5) is 44.3. The zero-order valence-corrected chi connectivity index (χ0v) is 55.5. The first-order valence-corrected chi connectivity index (χ1v) is 26.4. The second-order valence-corrected chi connectivity index (χ2v) is 20.1. The Bertz CT molecular complexity index is 3580. The van der Waals surface area contributed by atoms with Gasteiger partial charge in [0.2, 0.25) is 0 Å². The summed E-state index contributed by atoms with van der Waals surface area (Å²) < 4.78 is 31.1. The Morgan fingerprint density at radius 1 is 0.529 bits per heavy atom. The summed E-state index contributed by atoms with van der Waals surface area (Å²) in [6.45, 7) is 12.9. The van der Waals surface area contributed by atoms with Crippen LogP contribution in [-0.2, 0) is 69.9 Å². The van der Waals surface area contributed by atoms with Crippen LogP contribution in [-0.4, -0.2) is 43.6 Å². The summed E-state index contributed by atoms with van der Waals surface area (Å²) in [5.74, 6) is -0.758. The van der Waals surface area contributed by atoms with Crippen LogP contribution < -0.4 is 4.74 Å². The van der Waals surface area contributed by atoms with Crippen molar-refractivity contribution in [1.82, 2.24) is 24.9 Å². The summed E-state index contributed by atoms with van der Waals surface area (Å²) >= 11 is 0. The summed E-state index contributed by atoms with van der Waals surface area (Å²) in [6, 6.07) is 74.8. The van der Waals surface area contributed by atoms with Crippen LogP contribution in [0.5, 0.6) is 5.75 Å². The molecule has 0 spiro atoms. The molecule has 441 valence electrons. The van der Waals surface area contributed by atoms with E-state index < -0.39 is 22.5 Å². The fraction of sp³-hybridized carbons (Fsp3) is 0.153. The van der Waals surface area contributed by atoms with Gasteiger partial charge in [0.1, 0.15) is 17.3 Å². The molecule has 5 heterocycles. The fourth-order valence-electron chi connectivity index (χ4n) is 7.33. The summed E-state index contributed by atoms with van der Waals surface area (Å²) in [5.41, 5.74) is 7.73. The van der Waals surface area contributed by atoms with E-state index in [-0.39, 0.29) is 83.9 Å². The minimum atomic E-state index is -0.694. The van der Waals surface area contributed by atoms with Gasteiger partial charge in [0.15, 0.2) is 0 Å². The number of pyridine rings is 5. The van der Waals surface area contributed by atoms with Crippen LogP contribution in [0.4, 0.5) is 8.78 Å². The molecule has 0 amide bonds. The van der Waals surface area contributed by atoms with Crippen molar-refractivity contribution in [3.05, 3.63) is 273 Å². The predicted octanol–water partition coefficient (Wildman–Crippen LogP) is 17.3. The maximum atomic E-state index is 13.4. The molecule has 6 aromatic carbocycles. The normalized spacial score (nSPS) is 10.3. The standard InChI is InChI=1S/C15H10N.C12H8F2NO.C12H10N.2C11H8N.C11H20O2.3Ir/c1-2-7-13(8-3-1)15-14-9-5-4-6-12(14)10-11-16-15;1-16-9-4-5-15-12(7-9)10-3-2-8(13)6-11(10)14;1-2-5-11-9-8-10-6-3-4-7-12(10)13-11;2*1-2-6-10(7-3-1)11-8-4-5-9-12-11;1-10(2,3)8(12)7-9(13)11(4,5)6;;;/h1-7,9-11H;2,4-7H,1H3;3-9H,1H3;2*1-6,8-9H;7H2,1-6H3;;;/q5*-1;;;;. The van der Waals surface area contributed by atoms with Gasteiger partial charge in [-0.2, -0.15) is 0 Å². The van der Waals surface area contributed by atoms with E-state index in [9.17, 15) is 18.4 Å². The number of rotatable bonds is 8. The number of para-hydroxylation sites is 1. The van der Waals surface area contributed by atoms with Crippen LogP contribution in [0.25, 0.3) is 72.8 Å². The smallest absolute Gasteiger partial charge is 0.145 e. The number of hydrogen-bond donors (Lipinski definition) is 0. The summed E-state index contributed by atoms with van der Waals surface area (Å²) in [5, 5.41) is 3.56. The number of allylic oxidation sites excluding steroid dienone is 1. The number of carbonyl (C=O) groups is 2. The van der Waals surface area contributed by atoms with E-state index in [2.05, 4.69) is 79.5 Å². The molecule has 0 aliphatic rings. The van der Waals surface area contributed by atoms with Gasteiger partial charge in [-0.15, -0.1) is 133 Å². The largest absolute Gasteiger partial charge is 0.497 e. The third-order valence-corrected chi connectivity index (χ3v) is 11.9. The molecule has 5 aromatic heterocycles. The van der Waals surface area contributed by atoms with Crippen molar-refractivity contribution in [3.63, 3.8) is 0 Å². The maximum Gasteiger partial charge on any atom is 0.145 e. The van der Waals surface area contributed by atoms with E-state index in [1.807, 2.05) is 212 Å². The molecule has 11 rings (SSSR count). The van der Waals surface area contributed by atoms with E-state index in [0.717, 1.165) is 57.1 Å². The number of ether oxygens (including phenoxy) is 1. The number of methoxy groups -OCH3 is 1. The minimum absolute atomic E-state index is 0. The van der Waals surface area contributed by atoms with Crippen molar-refractivity contribution in [2.45, 2.75) is 54.9 Å². The monoisotopic (exact) mass is 1660 g/mol. The number of nitrogens with zero attached hydrogens (tertiary/aromatic N) is 5. The maximum absolute atomic E-state index is 13.4. The van der Waals surface area contributed by atoms with E-state index in [4.69, 9.17) is 4.74 Å². The van der Waals surface area contributed by atoms with Crippen molar-refractivity contribution in [2.75, 3.05) is 7.11 Å². The van der Waals surface area contributed by atoms with Gasteiger partial charge in [0.25, 0.3) is 0 Å². The Labute approximate surface area is 539 Å². The Hall–Kier alpha value is -7.72. The molecule has 0 fully saturated rings. The second-order valence-electron chi connectivity index (χ2n) is 20.1. The SMILES string of the molecule is CC(C)(C)C(=O)CC(=O)C(C)(C)C.COc1ccnc(-c2[c-]cc(F)cc2F)c1.C[C-]=Cc1ccc2ccccc2n1.[Ir].[Ir].[Ir].[c-]1ccccc1-c1ccccn1.[c-]1ccccc1-c1ccccn1.[c-]1ccccc1-c1nccc2ccccc12. The number of Topliss-reactive ketones (excluding diaryl/α,β-unsaturated/α-hetero) is 2. The first-order chi connectivity index (χ1) is 39.5. The molecule has 0 saturated heterocycles. The predicted molar refractivity (Wildman–Crippen MR) is 327 cm³/mol. The third kappa shape index (κ3) is 23.7. The molecule has 0 atom stereocenters. The molecule has 85 heavy (non-hydrogen) atoms. The van der Waals surface area contributed by atoms with Crippen LogP contribution in [0.2, 0.25) is 0 Å². The molecule has 0 saturated carbocycles. The van der Waals surface area contributed by atoms with Crippen molar-refractivity contribution in [2.24, 2.45) is 10.8 Å². The number of carbonyl (C=O) groups excluding carboxylic acids is 2. The number of aromatic nitrogens is 5. The van der Waals surface area contributed by atoms with Gasteiger partial charge in [0.05, 0.1) is 13.5 Å². The van der Waals surface area contributed by atoms with Crippen molar-refractivity contribution < 1.29 is 83.4 Å². The van der Waals surface area contributed by atoms with Gasteiger partial charge >= 0.3 is 0 Å². The van der Waals surface area contributed by atoms with Crippen LogP contribution in [0.1, 0.15) is 60.6 Å². The van der Waals surface area contributed by atoms with E-state index in [1.165, 1.54) is 29.5 Å². The molecular weight excluding hydrogens is 1600 g/mol. The Balaban J connectivity index is 0.000000266. The van der Waals surface area contributed by atoms with Gasteiger partial charge in [-0.1, -0.05) is 132 Å². The molecule has 3 radical (unpaired) electrons. The number of ketones is 2. The molecule has 0 bridgehead atoms. The van der Waals surface area contributed by atoms with Crippen molar-refractivity contribution >= 4 is 39.3 Å². The number of hydrogen-bond acceptors (Lipinski definition) is 8. The fourth-order valence-corrected chi connectivity index (χ4v) is 7.33. The average molecular weight is 1660 g/mol. The Morgan fingerprint density at radius 3 is 1.54 bits per heavy atom. The summed E-state index contributed by atoms with van der Waals surface area (Å²) in [7, 11) is 1.50. The minimum Gasteiger partial charge on any atom is -0.497 e. The molecule has 13 heteroatoms. The molecule has 0 N–H and O–H groups in total. The molecule has 0 aliphatic carbocycles.